The predicted octanol–water partition coefficient (Wildman–Crippen LogP) is 4.63. The zero-order valence-corrected chi connectivity index (χ0v) is 22.3. The van der Waals surface area contributed by atoms with E-state index in [4.69, 9.17) is 24.6 Å². The Morgan fingerprint density at radius 2 is 1.09 bits per heavy atom. The van der Waals surface area contributed by atoms with Crippen molar-refractivity contribution in [3.63, 3.8) is 0 Å². The fourth-order valence-corrected chi connectivity index (χ4v) is 3.33. The van der Waals surface area contributed by atoms with Gasteiger partial charge in [0.1, 0.15) is 0 Å². The van der Waals surface area contributed by atoms with Gasteiger partial charge in [0.25, 0.3) is 0 Å². The minimum absolute atomic E-state index is 0.113. The van der Waals surface area contributed by atoms with E-state index in [1.54, 1.807) is 6.92 Å². The molecule has 0 aliphatic heterocycles. The van der Waals surface area contributed by atoms with Gasteiger partial charge in [-0.15, -0.1) is 0 Å². The summed E-state index contributed by atoms with van der Waals surface area (Å²) in [5, 5.41) is 9.11. The summed E-state index contributed by atoms with van der Waals surface area (Å²) in [4.78, 5) is 23.1. The van der Waals surface area contributed by atoms with Crippen molar-refractivity contribution in [2.75, 3.05) is 6.61 Å². The third-order valence-corrected chi connectivity index (χ3v) is 5.04. The van der Waals surface area contributed by atoms with Crippen molar-refractivity contribution in [3.05, 3.63) is 12.2 Å². The number of hydrogen-bond donors (Lipinski definition) is 5. The van der Waals surface area contributed by atoms with Crippen molar-refractivity contribution < 1.29 is 52.3 Å². The Labute approximate surface area is 205 Å². The van der Waals surface area contributed by atoms with Crippen LogP contribution in [0.15, 0.2) is 12.2 Å². The second-order valence-corrected chi connectivity index (χ2v) is 10.6. The predicted molar refractivity (Wildman–Crippen MR) is 126 cm³/mol. The molecule has 0 rings (SSSR count). The first kappa shape index (κ1) is 34.6. The molecule has 0 heterocycles. The van der Waals surface area contributed by atoms with E-state index in [0.717, 1.165) is 19.3 Å². The van der Waals surface area contributed by atoms with Crippen LogP contribution in [0.4, 0.5) is 0 Å². The second-order valence-electron chi connectivity index (χ2n) is 8.75. The topological polar surface area (TPSA) is 145 Å². The third kappa shape index (κ3) is 31.4. The van der Waals surface area contributed by atoms with Gasteiger partial charge in [0, 0.05) is 6.42 Å². The molecule has 0 saturated carbocycles. The summed E-state index contributed by atoms with van der Waals surface area (Å²) >= 11 is -5.00. The first-order chi connectivity index (χ1) is 15.5. The molecule has 8 nitrogen and oxygen atoms in total. The van der Waals surface area contributed by atoms with E-state index in [0.29, 0.717) is 5.57 Å². The van der Waals surface area contributed by atoms with Crippen LogP contribution in [-0.4, -0.2) is 44.3 Å². The molecule has 0 aliphatic rings. The molecular formula is C24H48O8Ti. The van der Waals surface area contributed by atoms with Crippen molar-refractivity contribution in [2.45, 2.75) is 123 Å². The SMILES string of the molecule is C=C(C)COC(C(=O)O)C(=O)CCCCCCCCCCCCCCCCC.[OH][Ti]([OH])([OH])[OH]. The van der Waals surface area contributed by atoms with Crippen molar-refractivity contribution >= 4 is 11.8 Å². The molecule has 0 saturated heterocycles. The molecule has 0 aromatic heterocycles. The Morgan fingerprint density at radius 3 is 1.39 bits per heavy atom. The van der Waals surface area contributed by atoms with Crippen LogP contribution in [-0.2, 0) is 32.5 Å². The molecule has 0 spiro atoms. The molecule has 0 radical (unpaired) electrons. The summed E-state index contributed by atoms with van der Waals surface area (Å²) in [7, 11) is 0. The number of ketones is 1. The molecule has 0 bridgehead atoms. The molecule has 196 valence electrons. The summed E-state index contributed by atoms with van der Waals surface area (Å²) in [6.45, 7) is 7.78. The van der Waals surface area contributed by atoms with E-state index < -0.39 is 30.2 Å². The standard InChI is InChI=1S/C24H44O4.4H2O.Ti/c1-4-5-6-7-8-9-10-11-12-13-14-15-16-17-18-19-22(25)23(24(26)27)28-20-21(2)3;;;;;/h23H,2,4-20H2,1,3H3,(H,26,27);4*1H2;/q;;;;;+4/p-4. The van der Waals surface area contributed by atoms with Crippen LogP contribution < -0.4 is 0 Å². The third-order valence-electron chi connectivity index (χ3n) is 5.04. The summed E-state index contributed by atoms with van der Waals surface area (Å²) in [5.41, 5.74) is 0.714. The number of rotatable bonds is 21. The van der Waals surface area contributed by atoms with Crippen LogP contribution >= 0.6 is 0 Å². The Kier molecular flexibility index (Phi) is 24.2. The van der Waals surface area contributed by atoms with Crippen LogP contribution in [0.5, 0.6) is 0 Å². The van der Waals surface area contributed by atoms with Gasteiger partial charge in [-0.1, -0.05) is 109 Å². The number of Topliss-reactive ketones (excluding diaryl/α,β-unsaturated/α-hetero) is 1. The quantitative estimate of drug-likeness (QED) is 0.0648. The summed E-state index contributed by atoms with van der Waals surface area (Å²) < 4.78 is 34.7. The normalized spacial score (nSPS) is 12.1. The number of aliphatic carboxylic acids is 1. The van der Waals surface area contributed by atoms with Gasteiger partial charge in [0.15, 0.2) is 5.78 Å². The van der Waals surface area contributed by atoms with E-state index in [-0.39, 0.29) is 18.8 Å². The number of hydrogen-bond acceptors (Lipinski definition) is 7. The Hall–Kier alpha value is -0.606. The van der Waals surface area contributed by atoms with Gasteiger partial charge in [0.05, 0.1) is 6.61 Å². The number of carbonyl (C=O) groups is 2. The van der Waals surface area contributed by atoms with Crippen LogP contribution in [0.2, 0.25) is 0 Å². The van der Waals surface area contributed by atoms with Crippen molar-refractivity contribution in [2.24, 2.45) is 0 Å². The molecule has 9 heteroatoms. The van der Waals surface area contributed by atoms with Gasteiger partial charge >= 0.3 is 38.9 Å². The van der Waals surface area contributed by atoms with Crippen molar-refractivity contribution in [1.29, 1.82) is 0 Å². The molecule has 1 unspecified atom stereocenters. The van der Waals surface area contributed by atoms with E-state index in [9.17, 15) is 9.59 Å². The number of ether oxygens (including phenoxy) is 1. The average molecular weight is 513 g/mol. The number of carboxylic acid groups (broad SMARTS) is 1. The van der Waals surface area contributed by atoms with E-state index in [1.807, 2.05) is 0 Å². The number of carboxylic acids is 1. The molecule has 0 fully saturated rings. The first-order valence-electron chi connectivity index (χ1n) is 12.4. The number of carbonyl (C=O) groups excluding carboxylic acids is 1. The Bertz CT molecular complexity index is 499. The van der Waals surface area contributed by atoms with Crippen molar-refractivity contribution in [3.8, 4) is 0 Å². The van der Waals surface area contributed by atoms with Gasteiger partial charge in [-0.25, -0.2) is 4.79 Å². The summed E-state index contributed by atoms with van der Waals surface area (Å²) in [6.07, 6.45) is 18.0. The van der Waals surface area contributed by atoms with Gasteiger partial charge in [-0.2, -0.15) is 0 Å². The maximum absolute atomic E-state index is 12.0. The molecule has 0 amide bonds. The van der Waals surface area contributed by atoms with Crippen LogP contribution in [0.1, 0.15) is 117 Å². The Balaban J connectivity index is 0. The van der Waals surface area contributed by atoms with Crippen molar-refractivity contribution in [1.82, 2.24) is 0 Å². The molecule has 33 heavy (non-hydrogen) atoms. The first-order valence-corrected chi connectivity index (χ1v) is 15.2. The monoisotopic (exact) mass is 512 g/mol. The molecule has 0 aromatic rings. The second kappa shape index (κ2) is 23.2. The zero-order valence-electron chi connectivity index (χ0n) is 20.8. The van der Waals surface area contributed by atoms with Gasteiger partial charge in [-0.05, 0) is 13.3 Å². The molecule has 1 atom stereocenters. The molecule has 0 aliphatic carbocycles. The zero-order chi connectivity index (χ0) is 25.5. The Morgan fingerprint density at radius 1 is 0.758 bits per heavy atom. The van der Waals surface area contributed by atoms with Gasteiger partial charge in [0.2, 0.25) is 6.10 Å². The van der Waals surface area contributed by atoms with Crippen LogP contribution in [0.25, 0.3) is 0 Å². The van der Waals surface area contributed by atoms with Gasteiger partial charge < -0.3 is 9.84 Å². The fourth-order valence-electron chi connectivity index (χ4n) is 3.33. The average Bonchev–Trinajstić information content (AvgIpc) is 2.69. The molecular weight excluding hydrogens is 464 g/mol. The van der Waals surface area contributed by atoms with E-state index in [2.05, 4.69) is 13.5 Å². The summed E-state index contributed by atoms with van der Waals surface area (Å²) in [6, 6.07) is 0. The maximum atomic E-state index is 12.0. The molecule has 5 N–H and O–H groups in total. The van der Waals surface area contributed by atoms with Crippen LogP contribution in [0.3, 0.4) is 0 Å². The fraction of sp³-hybridized carbons (Fsp3) is 0.833. The van der Waals surface area contributed by atoms with Crippen LogP contribution in [0, 0.1) is 0 Å². The minimum atomic E-state index is -5.00. The van der Waals surface area contributed by atoms with E-state index in [1.165, 1.54) is 77.0 Å². The van der Waals surface area contributed by atoms with E-state index >= 15 is 0 Å². The number of unbranched alkanes of at least 4 members (excludes halogenated alkanes) is 14. The van der Waals surface area contributed by atoms with Gasteiger partial charge in [-0.3, -0.25) is 4.79 Å². The molecule has 0 aromatic carbocycles. The summed E-state index contributed by atoms with van der Waals surface area (Å²) in [5.74, 6) is -1.53.